The van der Waals surface area contributed by atoms with Crippen molar-refractivity contribution in [1.29, 1.82) is 0 Å². The summed E-state index contributed by atoms with van der Waals surface area (Å²) >= 11 is 0. The Morgan fingerprint density at radius 1 is 0.909 bits per heavy atom. The second-order valence-corrected chi connectivity index (χ2v) is 4.83. The van der Waals surface area contributed by atoms with E-state index in [9.17, 15) is 14.0 Å². The molecule has 0 amide bonds. The number of aryl methyl sites for hydroxylation is 2. The van der Waals surface area contributed by atoms with E-state index in [1.807, 2.05) is 0 Å². The van der Waals surface area contributed by atoms with E-state index in [0.29, 0.717) is 22.4 Å². The van der Waals surface area contributed by atoms with Crippen molar-refractivity contribution in [3.8, 4) is 5.75 Å². The Morgan fingerprint density at radius 2 is 1.45 bits per heavy atom. The van der Waals surface area contributed by atoms with Crippen LogP contribution in [-0.4, -0.2) is 19.0 Å². The van der Waals surface area contributed by atoms with Gasteiger partial charge in [0, 0.05) is 0 Å². The average Bonchev–Trinajstić information content (AvgIpc) is 2.50. The van der Waals surface area contributed by atoms with Gasteiger partial charge in [0.2, 0.25) is 0 Å². The molecule has 0 N–H and O–H groups in total. The van der Waals surface area contributed by atoms with Gasteiger partial charge in [0.1, 0.15) is 11.6 Å². The predicted octanol–water partition coefficient (Wildman–Crippen LogP) is 3.45. The molecule has 0 radical (unpaired) electrons. The first-order valence-electron chi connectivity index (χ1n) is 6.59. The molecule has 22 heavy (non-hydrogen) atoms. The molecule has 2 aromatic rings. The molecule has 2 rings (SSSR count). The summed E-state index contributed by atoms with van der Waals surface area (Å²) in [7, 11) is 1.30. The van der Waals surface area contributed by atoms with Crippen LogP contribution in [-0.2, 0) is 4.74 Å². The molecule has 4 nitrogen and oxygen atoms in total. The maximum Gasteiger partial charge on any atom is 0.343 e. The smallest absolute Gasteiger partial charge is 0.343 e. The molecule has 0 saturated carbocycles. The van der Waals surface area contributed by atoms with Gasteiger partial charge < -0.3 is 9.47 Å². The molecule has 0 aliphatic rings. The van der Waals surface area contributed by atoms with Gasteiger partial charge in [0.25, 0.3) is 0 Å². The average molecular weight is 302 g/mol. The summed E-state index contributed by atoms with van der Waals surface area (Å²) in [5.74, 6) is -1.09. The van der Waals surface area contributed by atoms with Crippen molar-refractivity contribution in [2.24, 2.45) is 0 Å². The molecular formula is C17H15FO4. The minimum absolute atomic E-state index is 0.247. The summed E-state index contributed by atoms with van der Waals surface area (Å²) in [6.45, 7) is 3.46. The third-order valence-electron chi connectivity index (χ3n) is 3.16. The van der Waals surface area contributed by atoms with Gasteiger partial charge in [-0.2, -0.15) is 0 Å². The SMILES string of the molecule is COC(=O)c1cc(C)c(OC(=O)c2ccc(F)cc2)c(C)c1. The van der Waals surface area contributed by atoms with Gasteiger partial charge in [-0.3, -0.25) is 0 Å². The molecule has 5 heteroatoms. The molecular weight excluding hydrogens is 287 g/mol. The van der Waals surface area contributed by atoms with Gasteiger partial charge in [-0.05, 0) is 61.4 Å². The van der Waals surface area contributed by atoms with E-state index in [4.69, 9.17) is 4.74 Å². The Kier molecular flexibility index (Phi) is 4.56. The van der Waals surface area contributed by atoms with Crippen LogP contribution in [0.15, 0.2) is 36.4 Å². The van der Waals surface area contributed by atoms with Gasteiger partial charge in [0.05, 0.1) is 18.2 Å². The largest absolute Gasteiger partial charge is 0.465 e. The molecule has 0 fully saturated rings. The first-order valence-corrected chi connectivity index (χ1v) is 6.59. The summed E-state index contributed by atoms with van der Waals surface area (Å²) in [4.78, 5) is 23.6. The Hall–Kier alpha value is -2.69. The summed E-state index contributed by atoms with van der Waals surface area (Å²) in [5.41, 5.74) is 1.91. The van der Waals surface area contributed by atoms with Gasteiger partial charge in [0.15, 0.2) is 0 Å². The van der Waals surface area contributed by atoms with Gasteiger partial charge in [-0.15, -0.1) is 0 Å². The van der Waals surface area contributed by atoms with Crippen LogP contribution in [0.4, 0.5) is 4.39 Å². The minimum atomic E-state index is -0.586. The van der Waals surface area contributed by atoms with Crippen LogP contribution in [0.2, 0.25) is 0 Å². The standard InChI is InChI=1S/C17H15FO4/c1-10-8-13(16(19)21-3)9-11(2)15(10)22-17(20)12-4-6-14(18)7-5-12/h4-9H,1-3H3. The number of ether oxygens (including phenoxy) is 2. The highest BCUT2D eigenvalue weighted by atomic mass is 19.1. The quantitative estimate of drug-likeness (QED) is 0.643. The van der Waals surface area contributed by atoms with E-state index in [2.05, 4.69) is 4.74 Å². The molecule has 0 atom stereocenters. The lowest BCUT2D eigenvalue weighted by atomic mass is 10.1. The van der Waals surface area contributed by atoms with Crippen molar-refractivity contribution in [1.82, 2.24) is 0 Å². The van der Waals surface area contributed by atoms with Crippen LogP contribution in [0.3, 0.4) is 0 Å². The number of hydrogen-bond donors (Lipinski definition) is 0. The number of carbonyl (C=O) groups is 2. The maximum absolute atomic E-state index is 12.9. The number of esters is 2. The van der Waals surface area contributed by atoms with Crippen molar-refractivity contribution in [3.05, 3.63) is 64.5 Å². The summed E-state index contributed by atoms with van der Waals surface area (Å²) < 4.78 is 22.9. The molecule has 0 bridgehead atoms. The lowest BCUT2D eigenvalue weighted by molar-refractivity contribution is 0.0600. The van der Waals surface area contributed by atoms with Crippen molar-refractivity contribution in [2.75, 3.05) is 7.11 Å². The Labute approximate surface area is 127 Å². The number of benzene rings is 2. The molecule has 0 spiro atoms. The highest BCUT2D eigenvalue weighted by Gasteiger charge is 2.16. The number of halogens is 1. The highest BCUT2D eigenvalue weighted by Crippen LogP contribution is 2.26. The molecule has 0 aliphatic heterocycles. The Balaban J connectivity index is 2.28. The predicted molar refractivity (Wildman–Crippen MR) is 78.6 cm³/mol. The number of carbonyl (C=O) groups excluding carboxylic acids is 2. The first kappa shape index (κ1) is 15.7. The number of rotatable bonds is 3. The van der Waals surface area contributed by atoms with Crippen LogP contribution in [0.5, 0.6) is 5.75 Å². The lowest BCUT2D eigenvalue weighted by Crippen LogP contribution is -2.11. The summed E-state index contributed by atoms with van der Waals surface area (Å²) in [6.07, 6.45) is 0. The topological polar surface area (TPSA) is 52.6 Å². The van der Waals surface area contributed by atoms with E-state index >= 15 is 0 Å². The van der Waals surface area contributed by atoms with Crippen molar-refractivity contribution in [2.45, 2.75) is 13.8 Å². The van der Waals surface area contributed by atoms with Gasteiger partial charge in [-0.1, -0.05) is 0 Å². The molecule has 0 unspecified atom stereocenters. The fourth-order valence-electron chi connectivity index (χ4n) is 2.08. The van der Waals surface area contributed by atoms with E-state index in [0.717, 1.165) is 0 Å². The number of methoxy groups -OCH3 is 1. The highest BCUT2D eigenvalue weighted by molar-refractivity contribution is 5.92. The van der Waals surface area contributed by atoms with E-state index in [1.165, 1.54) is 31.4 Å². The van der Waals surface area contributed by atoms with Crippen LogP contribution in [0.1, 0.15) is 31.8 Å². The second-order valence-electron chi connectivity index (χ2n) is 4.83. The summed E-state index contributed by atoms with van der Waals surface area (Å²) in [5, 5.41) is 0. The van der Waals surface area contributed by atoms with Crippen molar-refractivity contribution < 1.29 is 23.5 Å². The van der Waals surface area contributed by atoms with Crippen LogP contribution >= 0.6 is 0 Å². The summed E-state index contributed by atoms with van der Waals surface area (Å²) in [6, 6.07) is 8.27. The lowest BCUT2D eigenvalue weighted by Gasteiger charge is -2.12. The van der Waals surface area contributed by atoms with Crippen molar-refractivity contribution >= 4 is 11.9 Å². The monoisotopic (exact) mass is 302 g/mol. The maximum atomic E-state index is 12.9. The molecule has 0 aromatic heterocycles. The van der Waals surface area contributed by atoms with Gasteiger partial charge >= 0.3 is 11.9 Å². The van der Waals surface area contributed by atoms with Crippen LogP contribution < -0.4 is 4.74 Å². The van der Waals surface area contributed by atoms with E-state index in [-0.39, 0.29) is 5.56 Å². The van der Waals surface area contributed by atoms with Crippen LogP contribution in [0.25, 0.3) is 0 Å². The normalized spacial score (nSPS) is 10.2. The molecule has 0 aliphatic carbocycles. The third kappa shape index (κ3) is 3.31. The molecule has 0 saturated heterocycles. The van der Waals surface area contributed by atoms with E-state index < -0.39 is 17.8 Å². The second kappa shape index (κ2) is 6.39. The van der Waals surface area contributed by atoms with Crippen molar-refractivity contribution in [3.63, 3.8) is 0 Å². The zero-order chi connectivity index (χ0) is 16.3. The zero-order valence-electron chi connectivity index (χ0n) is 12.5. The fraction of sp³-hybridized carbons (Fsp3) is 0.176. The Bertz CT molecular complexity index is 697. The fourth-order valence-corrected chi connectivity index (χ4v) is 2.08. The van der Waals surface area contributed by atoms with Crippen LogP contribution in [0, 0.1) is 19.7 Å². The minimum Gasteiger partial charge on any atom is -0.465 e. The molecule has 2 aromatic carbocycles. The Morgan fingerprint density at radius 3 is 1.95 bits per heavy atom. The van der Waals surface area contributed by atoms with Gasteiger partial charge in [-0.25, -0.2) is 14.0 Å². The first-order chi connectivity index (χ1) is 10.4. The zero-order valence-corrected chi connectivity index (χ0v) is 12.5. The van der Waals surface area contributed by atoms with E-state index in [1.54, 1.807) is 26.0 Å². The molecule has 114 valence electrons. The third-order valence-corrected chi connectivity index (χ3v) is 3.16. The molecule has 0 heterocycles. The number of hydrogen-bond acceptors (Lipinski definition) is 4.